The molecule has 2 N–H and O–H groups in total. The molecular weight excluding hydrogens is 356 g/mol. The first-order valence-electron chi connectivity index (χ1n) is 8.04. The molecule has 6 heteroatoms. The van der Waals surface area contributed by atoms with Gasteiger partial charge in [0.05, 0.1) is 28.8 Å². The molecule has 0 aliphatic heterocycles. The van der Waals surface area contributed by atoms with Crippen molar-refractivity contribution in [1.82, 2.24) is 4.57 Å². The van der Waals surface area contributed by atoms with Crippen molar-refractivity contribution in [3.8, 4) is 10.6 Å². The minimum atomic E-state index is -0.413. The van der Waals surface area contributed by atoms with Crippen LogP contribution in [0.4, 0.5) is 0 Å². The van der Waals surface area contributed by atoms with Crippen LogP contribution in [0.15, 0.2) is 24.3 Å². The number of fused-ring (bicyclic) bond motifs is 1. The second-order valence-electron chi connectivity index (χ2n) is 6.26. The van der Waals surface area contributed by atoms with Crippen LogP contribution in [0.1, 0.15) is 34.6 Å². The first-order chi connectivity index (χ1) is 11.8. The first kappa shape index (κ1) is 18.0. The Morgan fingerprint density at radius 1 is 1.36 bits per heavy atom. The lowest BCUT2D eigenvalue weighted by Crippen LogP contribution is -2.16. The molecule has 0 bridgehead atoms. The molecule has 1 aromatic carbocycles. The Balaban J connectivity index is 2.27. The number of methoxy groups -OCH3 is 1. The lowest BCUT2D eigenvalue weighted by atomic mass is 10.1. The Bertz CT molecular complexity index is 958. The van der Waals surface area contributed by atoms with Crippen molar-refractivity contribution in [2.24, 2.45) is 5.73 Å². The van der Waals surface area contributed by atoms with Gasteiger partial charge in [0.15, 0.2) is 0 Å². The van der Waals surface area contributed by atoms with E-state index < -0.39 is 5.91 Å². The van der Waals surface area contributed by atoms with Crippen molar-refractivity contribution >= 4 is 38.9 Å². The Morgan fingerprint density at radius 2 is 2.08 bits per heavy atom. The maximum absolute atomic E-state index is 11.9. The summed E-state index contributed by atoms with van der Waals surface area (Å²) in [6, 6.07) is 7.90. The normalized spacial score (nSPS) is 12.7. The van der Waals surface area contributed by atoms with Crippen molar-refractivity contribution in [3.63, 3.8) is 0 Å². The quantitative estimate of drug-likeness (QED) is 0.685. The van der Waals surface area contributed by atoms with Crippen molar-refractivity contribution in [3.05, 3.63) is 46.1 Å². The van der Waals surface area contributed by atoms with Gasteiger partial charge in [-0.25, -0.2) is 0 Å². The van der Waals surface area contributed by atoms with Gasteiger partial charge in [0.2, 0.25) is 0 Å². The smallest absolute Gasteiger partial charge is 0.250 e. The number of nitrogens with two attached hydrogens (primary N) is 1. The molecule has 1 unspecified atom stereocenters. The molecule has 25 heavy (non-hydrogen) atoms. The summed E-state index contributed by atoms with van der Waals surface area (Å²) in [5.74, 6) is -0.413. The molecule has 4 nitrogen and oxygen atoms in total. The Labute approximate surface area is 156 Å². The number of halogens is 1. The van der Waals surface area contributed by atoms with Gasteiger partial charge in [0.25, 0.3) is 5.91 Å². The van der Waals surface area contributed by atoms with Crippen LogP contribution < -0.4 is 5.73 Å². The average Bonchev–Trinajstić information content (AvgIpc) is 3.05. The number of primary amides is 1. The van der Waals surface area contributed by atoms with E-state index in [1.54, 1.807) is 18.4 Å². The number of ether oxygens (including phenoxy) is 1. The Kier molecular flexibility index (Phi) is 4.91. The van der Waals surface area contributed by atoms with Gasteiger partial charge in [-0.3, -0.25) is 4.79 Å². The molecule has 2 heterocycles. The van der Waals surface area contributed by atoms with Gasteiger partial charge in [-0.1, -0.05) is 11.6 Å². The van der Waals surface area contributed by atoms with Crippen LogP contribution >= 0.6 is 22.9 Å². The van der Waals surface area contributed by atoms with Crippen LogP contribution in [0, 0.1) is 13.8 Å². The minimum absolute atomic E-state index is 0.0845. The summed E-state index contributed by atoms with van der Waals surface area (Å²) in [5.41, 5.74) is 9.14. The summed E-state index contributed by atoms with van der Waals surface area (Å²) >= 11 is 7.86. The van der Waals surface area contributed by atoms with E-state index in [4.69, 9.17) is 22.1 Å². The summed E-state index contributed by atoms with van der Waals surface area (Å²) in [4.78, 5) is 13.0. The first-order valence-corrected chi connectivity index (χ1v) is 9.24. The SMILES string of the molecule is COCC(C)n1c(-c2sc3ccc(Cl)cc3c2C)cc(C(N)=O)c1C. The third-order valence-electron chi connectivity index (χ3n) is 4.54. The summed E-state index contributed by atoms with van der Waals surface area (Å²) < 4.78 is 8.64. The van der Waals surface area contributed by atoms with Gasteiger partial charge in [0, 0.05) is 22.5 Å². The van der Waals surface area contributed by atoms with Crippen LogP contribution in [0.3, 0.4) is 0 Å². The molecule has 2 aromatic heterocycles. The van der Waals surface area contributed by atoms with E-state index in [1.165, 1.54) is 4.70 Å². The van der Waals surface area contributed by atoms with Gasteiger partial charge < -0.3 is 15.0 Å². The topological polar surface area (TPSA) is 57.2 Å². The zero-order valence-electron chi connectivity index (χ0n) is 14.7. The van der Waals surface area contributed by atoms with E-state index in [9.17, 15) is 4.79 Å². The zero-order chi connectivity index (χ0) is 18.3. The lowest BCUT2D eigenvalue weighted by molar-refractivity contribution is 0.0999. The molecule has 1 amide bonds. The second-order valence-corrected chi connectivity index (χ2v) is 7.75. The van der Waals surface area contributed by atoms with Crippen LogP contribution in [-0.2, 0) is 4.74 Å². The fourth-order valence-electron chi connectivity index (χ4n) is 3.37. The van der Waals surface area contributed by atoms with Gasteiger partial charge in [-0.2, -0.15) is 0 Å². The molecule has 1 atom stereocenters. The molecule has 3 aromatic rings. The van der Waals surface area contributed by atoms with Crippen LogP contribution in [-0.4, -0.2) is 24.2 Å². The molecule has 0 spiro atoms. The molecule has 0 saturated heterocycles. The number of amides is 1. The van der Waals surface area contributed by atoms with E-state index >= 15 is 0 Å². The third kappa shape index (κ3) is 3.08. The minimum Gasteiger partial charge on any atom is -0.383 e. The lowest BCUT2D eigenvalue weighted by Gasteiger charge is -2.19. The summed E-state index contributed by atoms with van der Waals surface area (Å²) in [6.07, 6.45) is 0. The van der Waals surface area contributed by atoms with Crippen LogP contribution in [0.2, 0.25) is 5.02 Å². The molecule has 0 aliphatic carbocycles. The summed E-state index contributed by atoms with van der Waals surface area (Å²) in [5, 5.41) is 1.86. The largest absolute Gasteiger partial charge is 0.383 e. The number of hydrogen-bond acceptors (Lipinski definition) is 3. The highest BCUT2D eigenvalue weighted by atomic mass is 35.5. The van der Waals surface area contributed by atoms with E-state index in [-0.39, 0.29) is 6.04 Å². The Hall–Kier alpha value is -1.82. The highest BCUT2D eigenvalue weighted by Crippen LogP contribution is 2.41. The molecule has 0 saturated carbocycles. The van der Waals surface area contributed by atoms with Gasteiger partial charge in [-0.15, -0.1) is 11.3 Å². The van der Waals surface area contributed by atoms with E-state index in [2.05, 4.69) is 18.4 Å². The Morgan fingerprint density at radius 3 is 2.72 bits per heavy atom. The number of nitrogens with zero attached hydrogens (tertiary/aromatic N) is 1. The maximum atomic E-state index is 11.9. The predicted octanol–water partition coefficient (Wildman–Crippen LogP) is 4.95. The summed E-state index contributed by atoms with van der Waals surface area (Å²) in [7, 11) is 1.68. The monoisotopic (exact) mass is 376 g/mol. The molecule has 0 radical (unpaired) electrons. The van der Waals surface area contributed by atoms with E-state index in [1.807, 2.05) is 31.2 Å². The van der Waals surface area contributed by atoms with Crippen molar-refractivity contribution in [2.45, 2.75) is 26.8 Å². The highest BCUT2D eigenvalue weighted by molar-refractivity contribution is 7.22. The molecule has 0 aliphatic rings. The standard InChI is InChI=1S/C19H21ClN2O2S/c1-10(9-24-4)22-12(3)15(19(21)23)8-16(22)18-11(2)14-7-13(20)5-6-17(14)25-18/h5-8,10H,9H2,1-4H3,(H2,21,23). The van der Waals surface area contributed by atoms with Gasteiger partial charge in [0.1, 0.15) is 0 Å². The van der Waals surface area contributed by atoms with E-state index in [0.717, 1.165) is 32.2 Å². The van der Waals surface area contributed by atoms with Gasteiger partial charge in [-0.05, 0) is 56.0 Å². The van der Waals surface area contributed by atoms with Crippen LogP contribution in [0.25, 0.3) is 20.7 Å². The predicted molar refractivity (Wildman–Crippen MR) is 105 cm³/mol. The fourth-order valence-corrected chi connectivity index (χ4v) is 4.74. The number of aryl methyl sites for hydroxylation is 1. The third-order valence-corrected chi connectivity index (χ3v) is 6.07. The summed E-state index contributed by atoms with van der Waals surface area (Å²) in [6.45, 7) is 6.64. The van der Waals surface area contributed by atoms with Crippen molar-refractivity contribution in [1.29, 1.82) is 0 Å². The molecule has 132 valence electrons. The highest BCUT2D eigenvalue weighted by Gasteiger charge is 2.23. The average molecular weight is 377 g/mol. The molecule has 3 rings (SSSR count). The van der Waals surface area contributed by atoms with Gasteiger partial charge >= 0.3 is 0 Å². The van der Waals surface area contributed by atoms with Crippen molar-refractivity contribution < 1.29 is 9.53 Å². The molecular formula is C19H21ClN2O2S. The molecule has 0 fully saturated rings. The number of thiophene rings is 1. The fraction of sp³-hybridized carbons (Fsp3) is 0.316. The number of hydrogen-bond donors (Lipinski definition) is 1. The van der Waals surface area contributed by atoms with Crippen LogP contribution in [0.5, 0.6) is 0 Å². The number of aromatic nitrogens is 1. The number of rotatable bonds is 5. The second kappa shape index (κ2) is 6.83. The number of benzene rings is 1. The van der Waals surface area contributed by atoms with E-state index in [0.29, 0.717) is 12.2 Å². The van der Waals surface area contributed by atoms with Crippen molar-refractivity contribution in [2.75, 3.05) is 13.7 Å². The number of carbonyl (C=O) groups is 1. The maximum Gasteiger partial charge on any atom is 0.250 e. The zero-order valence-corrected chi connectivity index (χ0v) is 16.3. The number of carbonyl (C=O) groups excluding carboxylic acids is 1.